The van der Waals surface area contributed by atoms with E-state index in [1.54, 1.807) is 24.3 Å². The molecular weight excluding hydrogens is 412 g/mol. The predicted octanol–water partition coefficient (Wildman–Crippen LogP) is 3.63. The van der Waals surface area contributed by atoms with Gasteiger partial charge in [-0.2, -0.15) is 0 Å². The minimum absolute atomic E-state index is 0.0517. The minimum Gasteiger partial charge on any atom is -0.352 e. The smallest absolute Gasteiger partial charge is 0.251 e. The van der Waals surface area contributed by atoms with E-state index in [-0.39, 0.29) is 11.8 Å². The quantitative estimate of drug-likeness (QED) is 0.582. The number of halogens is 1. The molecule has 2 amide bonds. The molecule has 0 atom stereocenters. The molecule has 6 nitrogen and oxygen atoms in total. The van der Waals surface area contributed by atoms with Crippen molar-refractivity contribution in [3.8, 4) is 0 Å². The largest absolute Gasteiger partial charge is 0.352 e. The molecule has 0 aliphatic carbocycles. The van der Waals surface area contributed by atoms with E-state index >= 15 is 0 Å². The van der Waals surface area contributed by atoms with Crippen molar-refractivity contribution in [2.24, 2.45) is 0 Å². The Labute approximate surface area is 189 Å². The van der Waals surface area contributed by atoms with Gasteiger partial charge in [-0.25, -0.2) is 0 Å². The molecule has 1 aliphatic heterocycles. The molecule has 2 N–H and O–H groups in total. The van der Waals surface area contributed by atoms with Crippen molar-refractivity contribution < 1.29 is 9.59 Å². The van der Waals surface area contributed by atoms with Crippen LogP contribution in [0, 0.1) is 0 Å². The summed E-state index contributed by atoms with van der Waals surface area (Å²) in [5.74, 6) is -0.215. The third-order valence-electron chi connectivity index (χ3n) is 5.53. The molecule has 1 saturated heterocycles. The highest BCUT2D eigenvalue weighted by Gasteiger charge is 2.15. The molecule has 1 heterocycles. The van der Waals surface area contributed by atoms with Crippen molar-refractivity contribution in [2.75, 3.05) is 44.6 Å². The second kappa shape index (κ2) is 11.8. The fourth-order valence-corrected chi connectivity index (χ4v) is 3.72. The molecule has 3 rings (SSSR count). The lowest BCUT2D eigenvalue weighted by molar-refractivity contribution is -0.116. The average Bonchev–Trinajstić information content (AvgIpc) is 2.79. The van der Waals surface area contributed by atoms with E-state index in [1.807, 2.05) is 12.1 Å². The molecule has 0 spiro atoms. The number of rotatable bonds is 9. The number of anilines is 1. The summed E-state index contributed by atoms with van der Waals surface area (Å²) in [6, 6.07) is 14.8. The second-order valence-electron chi connectivity index (χ2n) is 7.82. The van der Waals surface area contributed by atoms with Crippen molar-refractivity contribution in [3.63, 3.8) is 0 Å². The molecule has 2 aromatic rings. The Morgan fingerprint density at radius 1 is 0.935 bits per heavy atom. The predicted molar refractivity (Wildman–Crippen MR) is 125 cm³/mol. The fraction of sp³-hybridized carbons (Fsp3) is 0.417. The number of carbonyl (C=O) groups is 2. The zero-order valence-electron chi connectivity index (χ0n) is 18.1. The van der Waals surface area contributed by atoms with Gasteiger partial charge in [-0.1, -0.05) is 30.7 Å². The zero-order valence-corrected chi connectivity index (χ0v) is 18.8. The Balaban J connectivity index is 1.34. The average molecular weight is 443 g/mol. The number of hydrogen-bond acceptors (Lipinski definition) is 4. The van der Waals surface area contributed by atoms with Crippen LogP contribution in [0.15, 0.2) is 48.5 Å². The number of nitrogens with zero attached hydrogens (tertiary/aromatic N) is 2. The van der Waals surface area contributed by atoms with Crippen LogP contribution < -0.4 is 10.6 Å². The van der Waals surface area contributed by atoms with E-state index in [4.69, 9.17) is 11.6 Å². The lowest BCUT2D eigenvalue weighted by Crippen LogP contribution is -2.45. The zero-order chi connectivity index (χ0) is 22.1. The van der Waals surface area contributed by atoms with Crippen LogP contribution in [0.25, 0.3) is 0 Å². The first-order valence-electron chi connectivity index (χ1n) is 10.9. The first kappa shape index (κ1) is 23.3. The van der Waals surface area contributed by atoms with E-state index in [0.717, 1.165) is 45.0 Å². The lowest BCUT2D eigenvalue weighted by atomic mass is 10.1. The number of hydrogen-bond donors (Lipinski definition) is 2. The highest BCUT2D eigenvalue weighted by molar-refractivity contribution is 6.30. The van der Waals surface area contributed by atoms with Crippen molar-refractivity contribution in [2.45, 2.75) is 26.3 Å². The maximum atomic E-state index is 12.2. The van der Waals surface area contributed by atoms with Gasteiger partial charge >= 0.3 is 0 Å². The number of nitrogens with one attached hydrogen (secondary N) is 2. The van der Waals surface area contributed by atoms with Crippen LogP contribution in [0.2, 0.25) is 5.02 Å². The first-order chi connectivity index (χ1) is 15.0. The van der Waals surface area contributed by atoms with Gasteiger partial charge in [0.25, 0.3) is 5.91 Å². The van der Waals surface area contributed by atoms with Crippen LogP contribution >= 0.6 is 11.6 Å². The monoisotopic (exact) mass is 442 g/mol. The Morgan fingerprint density at radius 2 is 1.58 bits per heavy atom. The molecule has 0 aromatic heterocycles. The number of benzene rings is 2. The molecule has 0 radical (unpaired) electrons. The molecule has 0 saturated carbocycles. The van der Waals surface area contributed by atoms with Gasteiger partial charge in [0.15, 0.2) is 0 Å². The highest BCUT2D eigenvalue weighted by Crippen LogP contribution is 2.14. The van der Waals surface area contributed by atoms with Gasteiger partial charge in [0.2, 0.25) is 5.91 Å². The van der Waals surface area contributed by atoms with Gasteiger partial charge in [-0.05, 0) is 54.9 Å². The van der Waals surface area contributed by atoms with Crippen molar-refractivity contribution >= 4 is 29.1 Å². The van der Waals surface area contributed by atoms with Gasteiger partial charge < -0.3 is 15.5 Å². The number of likely N-dealkylation sites (N-methyl/N-ethyl adjacent to an activating group) is 1. The molecule has 7 heteroatoms. The normalized spacial score (nSPS) is 14.9. The van der Waals surface area contributed by atoms with Crippen LogP contribution in [0.4, 0.5) is 5.69 Å². The molecule has 1 aliphatic rings. The number of amides is 2. The molecular formula is C24H31ClN4O2. The molecule has 0 unspecified atom stereocenters. The molecule has 2 aromatic carbocycles. The molecule has 166 valence electrons. The number of carbonyl (C=O) groups excluding carboxylic acids is 2. The Kier molecular flexibility index (Phi) is 8.88. The van der Waals surface area contributed by atoms with Gasteiger partial charge in [0, 0.05) is 62.0 Å². The van der Waals surface area contributed by atoms with Gasteiger partial charge in [-0.15, -0.1) is 0 Å². The minimum atomic E-state index is -0.163. The van der Waals surface area contributed by atoms with E-state index in [1.165, 1.54) is 5.56 Å². The SMILES string of the molecule is CCN1CCN(Cc2ccc(NC(=O)CCCNC(=O)c3ccc(Cl)cc3)cc2)CC1. The Bertz CT molecular complexity index is 847. The lowest BCUT2D eigenvalue weighted by Gasteiger charge is -2.34. The van der Waals surface area contributed by atoms with Gasteiger partial charge in [0.1, 0.15) is 0 Å². The summed E-state index contributed by atoms with van der Waals surface area (Å²) in [6.45, 7) is 9.17. The van der Waals surface area contributed by atoms with Crippen molar-refractivity contribution in [1.82, 2.24) is 15.1 Å². The summed E-state index contributed by atoms with van der Waals surface area (Å²) in [5, 5.41) is 6.34. The van der Waals surface area contributed by atoms with E-state index < -0.39 is 0 Å². The van der Waals surface area contributed by atoms with Crippen LogP contribution in [0.5, 0.6) is 0 Å². The van der Waals surface area contributed by atoms with Crippen LogP contribution in [0.1, 0.15) is 35.7 Å². The number of piperazine rings is 1. The fourth-order valence-electron chi connectivity index (χ4n) is 3.59. The first-order valence-corrected chi connectivity index (χ1v) is 11.3. The third-order valence-corrected chi connectivity index (χ3v) is 5.78. The summed E-state index contributed by atoms with van der Waals surface area (Å²) in [4.78, 5) is 29.2. The summed E-state index contributed by atoms with van der Waals surface area (Å²) in [5.41, 5.74) is 2.61. The molecule has 0 bridgehead atoms. The van der Waals surface area contributed by atoms with Gasteiger partial charge in [-0.3, -0.25) is 14.5 Å². The van der Waals surface area contributed by atoms with Crippen LogP contribution in [-0.2, 0) is 11.3 Å². The van der Waals surface area contributed by atoms with Crippen LogP contribution in [0.3, 0.4) is 0 Å². The molecule has 1 fully saturated rings. The van der Waals surface area contributed by atoms with E-state index in [0.29, 0.717) is 30.0 Å². The summed E-state index contributed by atoms with van der Waals surface area (Å²) < 4.78 is 0. The van der Waals surface area contributed by atoms with E-state index in [2.05, 4.69) is 39.5 Å². The summed E-state index contributed by atoms with van der Waals surface area (Å²) >= 11 is 5.83. The van der Waals surface area contributed by atoms with E-state index in [9.17, 15) is 9.59 Å². The summed E-state index contributed by atoms with van der Waals surface area (Å²) in [6.07, 6.45) is 0.928. The van der Waals surface area contributed by atoms with Crippen LogP contribution in [-0.4, -0.2) is 60.9 Å². The van der Waals surface area contributed by atoms with Crippen molar-refractivity contribution in [1.29, 1.82) is 0 Å². The Morgan fingerprint density at radius 3 is 2.23 bits per heavy atom. The Hall–Kier alpha value is -2.41. The second-order valence-corrected chi connectivity index (χ2v) is 8.26. The topological polar surface area (TPSA) is 64.7 Å². The third kappa shape index (κ3) is 7.65. The maximum Gasteiger partial charge on any atom is 0.251 e. The van der Waals surface area contributed by atoms with Crippen molar-refractivity contribution in [3.05, 3.63) is 64.7 Å². The maximum absolute atomic E-state index is 12.2. The standard InChI is InChI=1S/C24H31ClN4O2/c1-2-28-14-16-29(17-15-28)18-19-5-11-22(12-6-19)27-23(30)4-3-13-26-24(31)20-7-9-21(25)10-8-20/h5-12H,2-4,13-18H2,1H3,(H,26,31)(H,27,30). The highest BCUT2D eigenvalue weighted by atomic mass is 35.5. The van der Waals surface area contributed by atoms with Gasteiger partial charge in [0.05, 0.1) is 0 Å². The molecule has 31 heavy (non-hydrogen) atoms. The summed E-state index contributed by atoms with van der Waals surface area (Å²) in [7, 11) is 0.